The van der Waals surface area contributed by atoms with Crippen LogP contribution in [0.4, 0.5) is 11.4 Å². The molecule has 1 N–H and O–H groups in total. The van der Waals surface area contributed by atoms with Crippen molar-refractivity contribution in [2.75, 3.05) is 29.8 Å². The number of nitrogens with zero attached hydrogens (tertiary/aromatic N) is 1. The lowest BCUT2D eigenvalue weighted by Crippen LogP contribution is -2.29. The lowest BCUT2D eigenvalue weighted by Gasteiger charge is -2.28. The molecule has 2 aromatic carbocycles. The van der Waals surface area contributed by atoms with Crippen LogP contribution in [0.3, 0.4) is 0 Å². The highest BCUT2D eigenvalue weighted by Crippen LogP contribution is 2.25. The molecule has 3 rings (SSSR count). The van der Waals surface area contributed by atoms with Gasteiger partial charge in [-0.2, -0.15) is 0 Å². The zero-order valence-corrected chi connectivity index (χ0v) is 15.5. The number of aryl methyl sites for hydroxylation is 1. The number of hydrogen-bond donors (Lipinski definition) is 1. The van der Waals surface area contributed by atoms with Crippen molar-refractivity contribution in [3.63, 3.8) is 0 Å². The van der Waals surface area contributed by atoms with Gasteiger partial charge in [0.15, 0.2) is 0 Å². The number of sulfonamides is 1. The predicted octanol–water partition coefficient (Wildman–Crippen LogP) is 3.79. The van der Waals surface area contributed by atoms with E-state index >= 15 is 0 Å². The van der Waals surface area contributed by atoms with Crippen molar-refractivity contribution < 1.29 is 13.2 Å². The molecule has 1 heterocycles. The van der Waals surface area contributed by atoms with E-state index in [1.54, 1.807) is 25.3 Å². The Labute approximate surface area is 149 Å². The average Bonchev–Trinajstić information content (AvgIpc) is 2.62. The van der Waals surface area contributed by atoms with Crippen LogP contribution in [0.2, 0.25) is 0 Å². The van der Waals surface area contributed by atoms with E-state index in [1.807, 2.05) is 31.2 Å². The molecule has 0 aromatic heterocycles. The Bertz CT molecular complexity index is 826. The summed E-state index contributed by atoms with van der Waals surface area (Å²) in [7, 11) is -2.05. The van der Waals surface area contributed by atoms with Crippen LogP contribution in [0.25, 0.3) is 0 Å². The second-order valence-corrected chi connectivity index (χ2v) is 8.01. The molecule has 134 valence electrons. The van der Waals surface area contributed by atoms with Crippen molar-refractivity contribution in [1.82, 2.24) is 0 Å². The highest BCUT2D eigenvalue weighted by molar-refractivity contribution is 7.92. The fraction of sp³-hybridized carbons (Fsp3) is 0.368. The molecular formula is C19H24N2O3S. The molecule has 0 saturated carbocycles. The molecule has 0 radical (unpaired) electrons. The summed E-state index contributed by atoms with van der Waals surface area (Å²) in [5.41, 5.74) is 2.49. The van der Waals surface area contributed by atoms with Crippen molar-refractivity contribution in [3.05, 3.63) is 48.0 Å². The van der Waals surface area contributed by atoms with Crippen molar-refractivity contribution in [1.29, 1.82) is 0 Å². The summed E-state index contributed by atoms with van der Waals surface area (Å²) in [6.45, 7) is 3.96. The SMILES string of the molecule is COc1ccc(S(=O)(=O)Nc2ccc(N3CCCCC3)cc2)cc1C. The van der Waals surface area contributed by atoms with Crippen LogP contribution in [-0.4, -0.2) is 28.6 Å². The molecule has 0 bridgehead atoms. The first-order chi connectivity index (χ1) is 12.0. The van der Waals surface area contributed by atoms with Crippen LogP contribution in [0.5, 0.6) is 5.75 Å². The smallest absolute Gasteiger partial charge is 0.261 e. The van der Waals surface area contributed by atoms with Crippen molar-refractivity contribution >= 4 is 21.4 Å². The molecule has 1 aliphatic heterocycles. The van der Waals surface area contributed by atoms with Crippen molar-refractivity contribution in [2.45, 2.75) is 31.1 Å². The highest BCUT2D eigenvalue weighted by Gasteiger charge is 2.16. The van der Waals surface area contributed by atoms with Gasteiger partial charge in [0.25, 0.3) is 10.0 Å². The minimum Gasteiger partial charge on any atom is -0.496 e. The maximum Gasteiger partial charge on any atom is 0.261 e. The summed E-state index contributed by atoms with van der Waals surface area (Å²) in [4.78, 5) is 2.57. The highest BCUT2D eigenvalue weighted by atomic mass is 32.2. The number of nitrogens with one attached hydrogen (secondary N) is 1. The molecule has 0 amide bonds. The third kappa shape index (κ3) is 4.07. The number of methoxy groups -OCH3 is 1. The van der Waals surface area contributed by atoms with Gasteiger partial charge in [0.1, 0.15) is 5.75 Å². The topological polar surface area (TPSA) is 58.6 Å². The van der Waals surface area contributed by atoms with E-state index in [1.165, 1.54) is 19.3 Å². The van der Waals surface area contributed by atoms with Crippen LogP contribution in [-0.2, 0) is 10.0 Å². The van der Waals surface area contributed by atoms with Gasteiger partial charge in [-0.15, -0.1) is 0 Å². The summed E-state index contributed by atoms with van der Waals surface area (Å²) in [5.74, 6) is 0.671. The Morgan fingerprint density at radius 1 is 1.00 bits per heavy atom. The fourth-order valence-corrected chi connectivity index (χ4v) is 4.27. The van der Waals surface area contributed by atoms with Crippen LogP contribution in [0.15, 0.2) is 47.4 Å². The lowest BCUT2D eigenvalue weighted by atomic mass is 10.1. The Balaban J connectivity index is 1.75. The Kier molecular flexibility index (Phi) is 5.18. The summed E-state index contributed by atoms with van der Waals surface area (Å²) in [6, 6.07) is 12.4. The molecule has 0 spiro atoms. The van der Waals surface area contributed by atoms with Gasteiger partial charge in [0.05, 0.1) is 12.0 Å². The molecule has 0 atom stereocenters. The monoisotopic (exact) mass is 360 g/mol. The average molecular weight is 360 g/mol. The Hall–Kier alpha value is -2.21. The first-order valence-corrected chi connectivity index (χ1v) is 10.0. The van der Waals surface area contributed by atoms with Crippen molar-refractivity contribution in [3.8, 4) is 5.75 Å². The standard InChI is InChI=1S/C19H24N2O3S/c1-15-14-18(10-11-19(15)24-2)25(22,23)20-16-6-8-17(9-7-16)21-12-4-3-5-13-21/h6-11,14,20H,3-5,12-13H2,1-2H3. The Morgan fingerprint density at radius 2 is 1.68 bits per heavy atom. The molecule has 0 unspecified atom stereocenters. The second-order valence-electron chi connectivity index (χ2n) is 6.33. The number of piperidine rings is 1. The van der Waals surface area contributed by atoms with Crippen LogP contribution in [0.1, 0.15) is 24.8 Å². The largest absolute Gasteiger partial charge is 0.496 e. The van der Waals surface area contributed by atoms with E-state index in [4.69, 9.17) is 4.74 Å². The van der Waals surface area contributed by atoms with E-state index in [0.29, 0.717) is 11.4 Å². The van der Waals surface area contributed by atoms with Gasteiger partial charge >= 0.3 is 0 Å². The van der Waals surface area contributed by atoms with Gasteiger partial charge in [0, 0.05) is 24.5 Å². The van der Waals surface area contributed by atoms with Gasteiger partial charge in [-0.25, -0.2) is 8.42 Å². The summed E-state index contributed by atoms with van der Waals surface area (Å²) >= 11 is 0. The van der Waals surface area contributed by atoms with Crippen LogP contribution < -0.4 is 14.4 Å². The molecule has 6 heteroatoms. The second kappa shape index (κ2) is 7.35. The minimum atomic E-state index is -3.62. The maximum atomic E-state index is 12.6. The predicted molar refractivity (Wildman–Crippen MR) is 101 cm³/mol. The molecular weight excluding hydrogens is 336 g/mol. The van der Waals surface area contributed by atoms with Gasteiger partial charge in [-0.05, 0) is 74.2 Å². The normalized spacial score (nSPS) is 15.0. The van der Waals surface area contributed by atoms with Crippen molar-refractivity contribution in [2.24, 2.45) is 0 Å². The number of anilines is 2. The van der Waals surface area contributed by atoms with E-state index in [-0.39, 0.29) is 4.90 Å². The molecule has 1 saturated heterocycles. The zero-order valence-electron chi connectivity index (χ0n) is 14.7. The van der Waals surface area contributed by atoms with Crippen LogP contribution in [0, 0.1) is 6.92 Å². The minimum absolute atomic E-state index is 0.228. The molecule has 25 heavy (non-hydrogen) atoms. The van der Waals surface area contributed by atoms with Crippen LogP contribution >= 0.6 is 0 Å². The third-order valence-electron chi connectivity index (χ3n) is 4.52. The molecule has 1 aliphatic rings. The molecule has 1 fully saturated rings. The third-order valence-corrected chi connectivity index (χ3v) is 5.90. The molecule has 0 aliphatic carbocycles. The summed E-state index contributed by atoms with van der Waals surface area (Å²) < 4.78 is 33.0. The number of rotatable bonds is 5. The number of benzene rings is 2. The maximum absolute atomic E-state index is 12.6. The lowest BCUT2D eigenvalue weighted by molar-refractivity contribution is 0.411. The van der Waals surface area contributed by atoms with Gasteiger partial charge in [-0.3, -0.25) is 4.72 Å². The summed E-state index contributed by atoms with van der Waals surface area (Å²) in [6.07, 6.45) is 3.71. The van der Waals surface area contributed by atoms with E-state index in [2.05, 4.69) is 9.62 Å². The number of ether oxygens (including phenoxy) is 1. The zero-order chi connectivity index (χ0) is 17.9. The Morgan fingerprint density at radius 3 is 2.28 bits per heavy atom. The van der Waals surface area contributed by atoms with Gasteiger partial charge in [0.2, 0.25) is 0 Å². The van der Waals surface area contributed by atoms with E-state index < -0.39 is 10.0 Å². The first-order valence-electron chi connectivity index (χ1n) is 8.52. The quantitative estimate of drug-likeness (QED) is 0.881. The first kappa shape index (κ1) is 17.6. The summed E-state index contributed by atoms with van der Waals surface area (Å²) in [5, 5.41) is 0. The van der Waals surface area contributed by atoms with Gasteiger partial charge < -0.3 is 9.64 Å². The van der Waals surface area contributed by atoms with E-state index in [0.717, 1.165) is 24.3 Å². The fourth-order valence-electron chi connectivity index (χ4n) is 3.12. The molecule has 5 nitrogen and oxygen atoms in total. The van der Waals surface area contributed by atoms with Gasteiger partial charge in [-0.1, -0.05) is 0 Å². The van der Waals surface area contributed by atoms with E-state index in [9.17, 15) is 8.42 Å². The molecule has 2 aromatic rings. The number of hydrogen-bond acceptors (Lipinski definition) is 4.